The average molecular weight is 373 g/mol. The zero-order valence-corrected chi connectivity index (χ0v) is 16.1. The smallest absolute Gasteiger partial charge is 0.338 e. The van der Waals surface area contributed by atoms with E-state index in [1.165, 1.54) is 5.56 Å². The van der Waals surface area contributed by atoms with Crippen LogP contribution in [0.5, 0.6) is 0 Å². The molecule has 2 aromatic carbocycles. The van der Waals surface area contributed by atoms with Crippen molar-refractivity contribution in [3.8, 4) is 0 Å². The summed E-state index contributed by atoms with van der Waals surface area (Å²) in [6.45, 7) is 7.83. The van der Waals surface area contributed by atoms with Crippen molar-refractivity contribution in [1.29, 1.82) is 0 Å². The van der Waals surface area contributed by atoms with Gasteiger partial charge in [-0.25, -0.2) is 9.78 Å². The van der Waals surface area contributed by atoms with E-state index in [1.54, 1.807) is 6.08 Å². The maximum Gasteiger partial charge on any atom is 0.338 e. The molecule has 0 radical (unpaired) electrons. The molecule has 28 heavy (non-hydrogen) atoms. The summed E-state index contributed by atoms with van der Waals surface area (Å²) >= 11 is 0. The summed E-state index contributed by atoms with van der Waals surface area (Å²) in [5.74, 6) is 0.376. The number of nitrogens with one attached hydrogen (secondary N) is 1. The molecule has 0 bridgehead atoms. The Bertz CT molecular complexity index is 1080. The number of benzene rings is 2. The lowest BCUT2D eigenvalue weighted by atomic mass is 9.94. The van der Waals surface area contributed by atoms with E-state index < -0.39 is 0 Å². The maximum atomic E-state index is 12.9. The fourth-order valence-corrected chi connectivity index (χ4v) is 3.69. The Morgan fingerprint density at radius 2 is 2.00 bits per heavy atom. The summed E-state index contributed by atoms with van der Waals surface area (Å²) in [7, 11) is 0. The number of aromatic nitrogens is 2. The highest BCUT2D eigenvalue weighted by Crippen LogP contribution is 2.39. The Morgan fingerprint density at radius 1 is 1.25 bits per heavy atom. The van der Waals surface area contributed by atoms with E-state index in [-0.39, 0.29) is 18.6 Å². The largest absolute Gasteiger partial charge is 0.458 e. The first-order valence-electron chi connectivity index (χ1n) is 9.45. The van der Waals surface area contributed by atoms with Crippen molar-refractivity contribution in [2.24, 2.45) is 0 Å². The number of esters is 1. The number of hydrogen-bond donors (Lipinski definition) is 1. The van der Waals surface area contributed by atoms with Crippen LogP contribution in [0.2, 0.25) is 0 Å². The van der Waals surface area contributed by atoms with E-state index in [9.17, 15) is 4.79 Å². The van der Waals surface area contributed by atoms with Crippen molar-refractivity contribution in [2.75, 3.05) is 11.9 Å². The van der Waals surface area contributed by atoms with Crippen LogP contribution in [0.15, 0.2) is 72.5 Å². The lowest BCUT2D eigenvalue weighted by molar-refractivity contribution is -0.138. The minimum atomic E-state index is -0.349. The fraction of sp³-hybridized carbons (Fsp3) is 0.217. The van der Waals surface area contributed by atoms with Crippen molar-refractivity contribution < 1.29 is 9.53 Å². The third kappa shape index (κ3) is 2.99. The van der Waals surface area contributed by atoms with E-state index in [0.717, 1.165) is 34.7 Å². The second-order valence-electron chi connectivity index (χ2n) is 6.84. The number of allylic oxidation sites excluding steroid dienone is 1. The minimum Gasteiger partial charge on any atom is -0.458 e. The van der Waals surface area contributed by atoms with Gasteiger partial charge in [0.15, 0.2) is 0 Å². The van der Waals surface area contributed by atoms with Gasteiger partial charge < -0.3 is 10.1 Å². The number of nitrogens with zero attached hydrogens (tertiary/aromatic N) is 2. The van der Waals surface area contributed by atoms with Gasteiger partial charge in [-0.05, 0) is 36.6 Å². The molecule has 1 atom stereocenters. The highest BCUT2D eigenvalue weighted by atomic mass is 16.5. The molecule has 5 nitrogen and oxygen atoms in total. The van der Waals surface area contributed by atoms with Gasteiger partial charge in [0.2, 0.25) is 5.95 Å². The molecule has 4 rings (SSSR count). The normalized spacial score (nSPS) is 15.9. The summed E-state index contributed by atoms with van der Waals surface area (Å²) in [4.78, 5) is 17.7. The van der Waals surface area contributed by atoms with Crippen LogP contribution < -0.4 is 5.32 Å². The van der Waals surface area contributed by atoms with Crippen LogP contribution in [0.25, 0.3) is 11.0 Å². The number of aryl methyl sites for hydroxylation is 1. The highest BCUT2D eigenvalue weighted by Gasteiger charge is 2.34. The number of para-hydroxylation sites is 2. The zero-order valence-electron chi connectivity index (χ0n) is 16.1. The first kappa shape index (κ1) is 18.0. The maximum absolute atomic E-state index is 12.9. The lowest BCUT2D eigenvalue weighted by Gasteiger charge is -2.30. The van der Waals surface area contributed by atoms with Gasteiger partial charge in [0, 0.05) is 5.70 Å². The molecule has 0 saturated heterocycles. The van der Waals surface area contributed by atoms with Crippen LogP contribution >= 0.6 is 0 Å². The first-order valence-corrected chi connectivity index (χ1v) is 9.45. The Kier molecular flexibility index (Phi) is 4.74. The standard InChI is InChI=1S/C23H23N3O2/c1-4-14-28-22(27)20-15(3)24-23-25-18-8-6-7-9-19(18)26(23)21(20)17-12-10-16(5-2)11-13-17/h4,6-13,21H,1,5,14H2,2-3H3,(H,24,25)/t21-/m1/s1. The quantitative estimate of drug-likeness (QED) is 0.524. The number of imidazole rings is 1. The third-order valence-electron chi connectivity index (χ3n) is 5.09. The topological polar surface area (TPSA) is 56.1 Å². The molecule has 0 fully saturated rings. The van der Waals surface area contributed by atoms with Crippen LogP contribution in [0, 0.1) is 0 Å². The van der Waals surface area contributed by atoms with Gasteiger partial charge in [-0.1, -0.05) is 56.0 Å². The zero-order chi connectivity index (χ0) is 19.7. The average Bonchev–Trinajstić information content (AvgIpc) is 3.09. The predicted octanol–water partition coefficient (Wildman–Crippen LogP) is 4.62. The molecular weight excluding hydrogens is 350 g/mol. The van der Waals surface area contributed by atoms with Crippen LogP contribution in [0.3, 0.4) is 0 Å². The Hall–Kier alpha value is -3.34. The number of rotatable bonds is 5. The van der Waals surface area contributed by atoms with Crippen LogP contribution in [0.4, 0.5) is 5.95 Å². The SMILES string of the molecule is C=CCOC(=O)C1=C(C)Nc2nc3ccccc3n2[C@@H]1c1ccc(CC)cc1. The summed E-state index contributed by atoms with van der Waals surface area (Å²) in [6.07, 6.45) is 2.54. The van der Waals surface area contributed by atoms with Gasteiger partial charge in [-0.15, -0.1) is 0 Å². The molecule has 0 amide bonds. The summed E-state index contributed by atoms with van der Waals surface area (Å²) in [5, 5.41) is 3.28. The highest BCUT2D eigenvalue weighted by molar-refractivity contribution is 5.94. The summed E-state index contributed by atoms with van der Waals surface area (Å²) in [6, 6.07) is 16.0. The fourth-order valence-electron chi connectivity index (χ4n) is 3.69. The molecule has 1 aliphatic rings. The molecule has 0 aliphatic carbocycles. The molecule has 0 spiro atoms. The molecule has 3 aromatic rings. The monoisotopic (exact) mass is 373 g/mol. The molecule has 0 saturated carbocycles. The van der Waals surface area contributed by atoms with Gasteiger partial charge >= 0.3 is 5.97 Å². The Labute approximate surface area is 164 Å². The van der Waals surface area contributed by atoms with Crippen molar-refractivity contribution in [3.05, 3.63) is 83.6 Å². The number of anilines is 1. The molecular formula is C23H23N3O2. The second kappa shape index (κ2) is 7.35. The number of fused-ring (bicyclic) bond motifs is 3. The van der Waals surface area contributed by atoms with E-state index in [2.05, 4.69) is 47.7 Å². The number of ether oxygens (including phenoxy) is 1. The van der Waals surface area contributed by atoms with Crippen LogP contribution in [0.1, 0.15) is 31.0 Å². The summed E-state index contributed by atoms with van der Waals surface area (Å²) < 4.78 is 7.49. The molecule has 1 aromatic heterocycles. The lowest BCUT2D eigenvalue weighted by Crippen LogP contribution is -2.29. The van der Waals surface area contributed by atoms with Crippen LogP contribution in [-0.2, 0) is 16.0 Å². The van der Waals surface area contributed by atoms with E-state index >= 15 is 0 Å². The molecule has 1 N–H and O–H groups in total. The van der Waals surface area contributed by atoms with Crippen molar-refractivity contribution >= 4 is 23.0 Å². The number of carbonyl (C=O) groups is 1. The first-order chi connectivity index (χ1) is 13.6. The molecule has 142 valence electrons. The summed E-state index contributed by atoms with van der Waals surface area (Å²) in [5.41, 5.74) is 5.46. The van der Waals surface area contributed by atoms with Crippen molar-refractivity contribution in [3.63, 3.8) is 0 Å². The second-order valence-corrected chi connectivity index (χ2v) is 6.84. The number of carbonyl (C=O) groups excluding carboxylic acids is 1. The van der Waals surface area contributed by atoms with Gasteiger partial charge in [0.05, 0.1) is 22.6 Å². The van der Waals surface area contributed by atoms with E-state index in [4.69, 9.17) is 9.72 Å². The van der Waals surface area contributed by atoms with Crippen molar-refractivity contribution in [1.82, 2.24) is 9.55 Å². The Morgan fingerprint density at radius 3 is 2.71 bits per heavy atom. The molecule has 5 heteroatoms. The minimum absolute atomic E-state index is 0.175. The third-order valence-corrected chi connectivity index (χ3v) is 5.09. The van der Waals surface area contributed by atoms with E-state index in [0.29, 0.717) is 5.57 Å². The molecule has 2 heterocycles. The van der Waals surface area contributed by atoms with Gasteiger partial charge in [-0.3, -0.25) is 4.57 Å². The molecule has 0 unspecified atom stereocenters. The van der Waals surface area contributed by atoms with Gasteiger partial charge in [0.1, 0.15) is 6.61 Å². The Balaban J connectivity index is 1.91. The number of hydrogen-bond acceptors (Lipinski definition) is 4. The van der Waals surface area contributed by atoms with Crippen LogP contribution in [-0.4, -0.2) is 22.1 Å². The van der Waals surface area contributed by atoms with E-state index in [1.807, 2.05) is 31.2 Å². The molecule has 1 aliphatic heterocycles. The van der Waals surface area contributed by atoms with Gasteiger partial charge in [0.25, 0.3) is 0 Å². The van der Waals surface area contributed by atoms with Gasteiger partial charge in [-0.2, -0.15) is 0 Å². The van der Waals surface area contributed by atoms with Crippen molar-refractivity contribution in [2.45, 2.75) is 26.3 Å². The predicted molar refractivity (Wildman–Crippen MR) is 111 cm³/mol.